The number of unbranched alkanes of at least 4 members (excludes halogenated alkanes) is 42. The molecule has 0 aromatic carbocycles. The standard InChI is InChI=1S/C56H112O2/c1-5-9-13-17-21-24-27-29-31-32-34-36-39-42-45-49-53-56(55(57)58-54-50-46-20-16-12-8-4,51-47-43-40-37-26-23-19-15-11-7-3)52-48-44-41-38-35-33-30-28-25-22-18-14-10-6-2/h5-54H2,1-4H3. The van der Waals surface area contributed by atoms with Gasteiger partial charge in [-0.05, 0) is 25.7 Å². The molecule has 0 rings (SSSR count). The molecular weight excluding hydrogens is 705 g/mol. The van der Waals surface area contributed by atoms with Crippen LogP contribution in [0.4, 0.5) is 0 Å². The van der Waals surface area contributed by atoms with Crippen LogP contribution in [0.1, 0.15) is 342 Å². The highest BCUT2D eigenvalue weighted by Crippen LogP contribution is 2.39. The maximum absolute atomic E-state index is 14.2. The average molecular weight is 818 g/mol. The number of esters is 1. The van der Waals surface area contributed by atoms with E-state index < -0.39 is 0 Å². The third-order valence-electron chi connectivity index (χ3n) is 13.7. The Balaban J connectivity index is 4.92. The Bertz CT molecular complexity index is 762. The Kier molecular flexibility index (Phi) is 48.7. The highest BCUT2D eigenvalue weighted by molar-refractivity contribution is 5.76. The molecule has 0 aliphatic rings. The topological polar surface area (TPSA) is 26.3 Å². The first-order valence-corrected chi connectivity index (χ1v) is 27.8. The fraction of sp³-hybridized carbons (Fsp3) is 0.982. The van der Waals surface area contributed by atoms with Crippen LogP contribution in [-0.4, -0.2) is 12.6 Å². The number of carbonyl (C=O) groups excluding carboxylic acids is 1. The highest BCUT2D eigenvalue weighted by Gasteiger charge is 2.38. The van der Waals surface area contributed by atoms with Gasteiger partial charge in [0, 0.05) is 0 Å². The Labute approximate surface area is 368 Å². The molecule has 0 amide bonds. The molecule has 0 saturated heterocycles. The van der Waals surface area contributed by atoms with Gasteiger partial charge in [-0.25, -0.2) is 0 Å². The minimum atomic E-state index is -0.241. The van der Waals surface area contributed by atoms with Crippen LogP contribution in [0.5, 0.6) is 0 Å². The molecule has 0 heterocycles. The van der Waals surface area contributed by atoms with Gasteiger partial charge in [0.1, 0.15) is 0 Å². The SMILES string of the molecule is CCCCCCCCCCCCCCCCCCC(CCCCCCCCCCCC)(CCCCCCCCCCCCCCCC)C(=O)OCCCCCCCC. The lowest BCUT2D eigenvalue weighted by Crippen LogP contribution is -2.34. The molecule has 1 unspecified atom stereocenters. The lowest BCUT2D eigenvalue weighted by molar-refractivity contribution is -0.158. The molecular formula is C56H112O2. The molecule has 58 heavy (non-hydrogen) atoms. The van der Waals surface area contributed by atoms with Crippen molar-refractivity contribution >= 4 is 5.97 Å². The smallest absolute Gasteiger partial charge is 0.312 e. The molecule has 2 nitrogen and oxygen atoms in total. The van der Waals surface area contributed by atoms with Gasteiger partial charge in [0.25, 0.3) is 0 Å². The van der Waals surface area contributed by atoms with E-state index in [1.807, 2.05) is 0 Å². The van der Waals surface area contributed by atoms with Gasteiger partial charge in [0.05, 0.1) is 12.0 Å². The zero-order chi connectivity index (χ0) is 42.1. The summed E-state index contributed by atoms with van der Waals surface area (Å²) in [5.74, 6) is 0.188. The van der Waals surface area contributed by atoms with Gasteiger partial charge in [0.2, 0.25) is 0 Å². The van der Waals surface area contributed by atoms with Crippen LogP contribution >= 0.6 is 0 Å². The van der Waals surface area contributed by atoms with Crippen LogP contribution in [-0.2, 0) is 9.53 Å². The first kappa shape index (κ1) is 57.5. The van der Waals surface area contributed by atoms with Crippen molar-refractivity contribution in [3.05, 3.63) is 0 Å². The predicted octanol–water partition coefficient (Wildman–Crippen LogP) is 20.7. The summed E-state index contributed by atoms with van der Waals surface area (Å²) < 4.78 is 6.27. The molecule has 0 aromatic rings. The minimum absolute atomic E-state index is 0.188. The lowest BCUT2D eigenvalue weighted by Gasteiger charge is -2.32. The fourth-order valence-corrected chi connectivity index (χ4v) is 9.50. The Hall–Kier alpha value is -0.530. The molecule has 0 aliphatic heterocycles. The minimum Gasteiger partial charge on any atom is -0.465 e. The van der Waals surface area contributed by atoms with Crippen molar-refractivity contribution in [2.45, 2.75) is 342 Å². The van der Waals surface area contributed by atoms with Crippen molar-refractivity contribution in [1.29, 1.82) is 0 Å². The van der Waals surface area contributed by atoms with E-state index in [4.69, 9.17) is 4.74 Å². The van der Waals surface area contributed by atoms with Crippen molar-refractivity contribution in [3.8, 4) is 0 Å². The molecule has 0 aromatic heterocycles. The third kappa shape index (κ3) is 40.9. The largest absolute Gasteiger partial charge is 0.465 e. The van der Waals surface area contributed by atoms with Crippen LogP contribution in [0.2, 0.25) is 0 Å². The summed E-state index contributed by atoms with van der Waals surface area (Å²) >= 11 is 0. The quantitative estimate of drug-likeness (QED) is 0.0452. The van der Waals surface area contributed by atoms with Crippen LogP contribution in [0.3, 0.4) is 0 Å². The van der Waals surface area contributed by atoms with Gasteiger partial charge in [-0.15, -0.1) is 0 Å². The van der Waals surface area contributed by atoms with Crippen molar-refractivity contribution in [1.82, 2.24) is 0 Å². The van der Waals surface area contributed by atoms with E-state index in [0.717, 1.165) is 25.7 Å². The molecule has 0 fully saturated rings. The normalized spacial score (nSPS) is 12.7. The van der Waals surface area contributed by atoms with Gasteiger partial charge in [-0.2, -0.15) is 0 Å². The summed E-state index contributed by atoms with van der Waals surface area (Å²) in [6.07, 6.45) is 66.1. The maximum Gasteiger partial charge on any atom is 0.312 e. The summed E-state index contributed by atoms with van der Waals surface area (Å²) in [4.78, 5) is 14.2. The zero-order valence-electron chi connectivity index (χ0n) is 41.2. The van der Waals surface area contributed by atoms with Crippen molar-refractivity contribution in [2.24, 2.45) is 5.41 Å². The summed E-state index contributed by atoms with van der Waals surface area (Å²) in [5, 5.41) is 0. The average Bonchev–Trinajstić information content (AvgIpc) is 3.23. The highest BCUT2D eigenvalue weighted by atomic mass is 16.5. The number of hydrogen-bond acceptors (Lipinski definition) is 2. The predicted molar refractivity (Wildman–Crippen MR) is 262 cm³/mol. The number of carbonyl (C=O) groups is 1. The van der Waals surface area contributed by atoms with Gasteiger partial charge in [0.15, 0.2) is 0 Å². The summed E-state index contributed by atoms with van der Waals surface area (Å²) in [5.41, 5.74) is -0.241. The lowest BCUT2D eigenvalue weighted by atomic mass is 9.74. The number of ether oxygens (including phenoxy) is 1. The maximum atomic E-state index is 14.2. The number of rotatable bonds is 51. The Morgan fingerprint density at radius 2 is 0.431 bits per heavy atom. The first-order valence-electron chi connectivity index (χ1n) is 27.8. The number of hydrogen-bond donors (Lipinski definition) is 0. The molecule has 0 spiro atoms. The van der Waals surface area contributed by atoms with E-state index in [1.165, 1.54) is 289 Å². The fourth-order valence-electron chi connectivity index (χ4n) is 9.50. The molecule has 2 heteroatoms. The second-order valence-corrected chi connectivity index (χ2v) is 19.5. The molecule has 0 radical (unpaired) electrons. The van der Waals surface area contributed by atoms with Crippen molar-refractivity contribution in [2.75, 3.05) is 6.61 Å². The van der Waals surface area contributed by atoms with Crippen LogP contribution in [0.15, 0.2) is 0 Å². The van der Waals surface area contributed by atoms with E-state index in [1.54, 1.807) is 0 Å². The van der Waals surface area contributed by atoms with E-state index in [2.05, 4.69) is 27.7 Å². The van der Waals surface area contributed by atoms with E-state index >= 15 is 0 Å². The van der Waals surface area contributed by atoms with Gasteiger partial charge >= 0.3 is 5.97 Å². The zero-order valence-corrected chi connectivity index (χ0v) is 41.2. The molecule has 1 atom stereocenters. The molecule has 348 valence electrons. The van der Waals surface area contributed by atoms with Gasteiger partial charge < -0.3 is 4.74 Å². The van der Waals surface area contributed by atoms with E-state index in [9.17, 15) is 4.79 Å². The van der Waals surface area contributed by atoms with Gasteiger partial charge in [-0.3, -0.25) is 4.79 Å². The van der Waals surface area contributed by atoms with Gasteiger partial charge in [-0.1, -0.05) is 317 Å². The van der Waals surface area contributed by atoms with E-state index in [-0.39, 0.29) is 11.4 Å². The summed E-state index contributed by atoms with van der Waals surface area (Å²) in [6, 6.07) is 0. The third-order valence-corrected chi connectivity index (χ3v) is 13.7. The van der Waals surface area contributed by atoms with Crippen LogP contribution in [0.25, 0.3) is 0 Å². The molecule has 0 aliphatic carbocycles. The Morgan fingerprint density at radius 3 is 0.638 bits per heavy atom. The Morgan fingerprint density at radius 1 is 0.259 bits per heavy atom. The van der Waals surface area contributed by atoms with E-state index in [0.29, 0.717) is 6.61 Å². The second-order valence-electron chi connectivity index (χ2n) is 19.5. The van der Waals surface area contributed by atoms with Crippen molar-refractivity contribution in [3.63, 3.8) is 0 Å². The van der Waals surface area contributed by atoms with Crippen LogP contribution in [0, 0.1) is 5.41 Å². The monoisotopic (exact) mass is 817 g/mol. The first-order chi connectivity index (χ1) is 28.7. The van der Waals surface area contributed by atoms with Crippen molar-refractivity contribution < 1.29 is 9.53 Å². The molecule has 0 saturated carbocycles. The van der Waals surface area contributed by atoms with Crippen LogP contribution < -0.4 is 0 Å². The summed E-state index contributed by atoms with van der Waals surface area (Å²) in [6.45, 7) is 9.86. The summed E-state index contributed by atoms with van der Waals surface area (Å²) in [7, 11) is 0. The second kappa shape index (κ2) is 49.1. The molecule has 0 bridgehead atoms. The molecule has 0 N–H and O–H groups in total.